The molecule has 6 rings (SSSR count). The molecule has 51 heavy (non-hydrogen) atoms. The lowest BCUT2D eigenvalue weighted by Crippen LogP contribution is -2.40. The maximum Gasteiger partial charge on any atom is 0.342 e. The molecule has 0 N–H and O–H groups in total. The smallest absolute Gasteiger partial charge is 0.342 e. The molecule has 0 spiro atoms. The van der Waals surface area contributed by atoms with E-state index in [0.717, 1.165) is 0 Å². The Hall–Kier alpha value is -0.100. The average molecular weight is 773 g/mol. The lowest BCUT2D eigenvalue weighted by molar-refractivity contribution is -0.207. The van der Waals surface area contributed by atoms with Crippen LogP contribution in [-0.4, -0.2) is 130 Å². The second-order valence-electron chi connectivity index (χ2n) is 15.6. The van der Waals surface area contributed by atoms with Gasteiger partial charge < -0.3 is 65.5 Å². The summed E-state index contributed by atoms with van der Waals surface area (Å²) in [4.78, 5) is 0. The normalized spacial score (nSPS) is 41.4. The number of ether oxygens (including phenoxy) is 10. The highest BCUT2D eigenvalue weighted by molar-refractivity contribution is 7.71. The van der Waals surface area contributed by atoms with Crippen LogP contribution >= 0.6 is 15.2 Å². The zero-order valence-corrected chi connectivity index (χ0v) is 33.4. The second kappa shape index (κ2) is 15.1. The van der Waals surface area contributed by atoms with Crippen molar-refractivity contribution in [1.82, 2.24) is 0 Å². The first kappa shape index (κ1) is 40.6. The highest BCUT2D eigenvalue weighted by Crippen LogP contribution is 2.64. The Morgan fingerprint density at radius 2 is 0.882 bits per heavy atom. The SMILES string of the molecule is CCOP(=O)(CP(=O)(OCC)OCC[C@@H]1O[C@H]([C@H]2COC(C)(C)O2)[C@@H]2OC(C)(C)O[C@@H]21)OCC[C@@H]1O[C@H]([C@H]2COC(C)(C)O2)[C@@H]2OC(C)(C)O[C@@H]21. The molecule has 0 saturated carbocycles. The van der Waals surface area contributed by atoms with Crippen LogP contribution in [0, 0.1) is 0 Å². The molecule has 0 aliphatic carbocycles. The fourth-order valence-electron chi connectivity index (χ4n) is 7.71. The van der Waals surface area contributed by atoms with Crippen molar-refractivity contribution in [3.63, 3.8) is 0 Å². The van der Waals surface area contributed by atoms with Crippen LogP contribution in [0.25, 0.3) is 0 Å². The van der Waals surface area contributed by atoms with E-state index in [1.54, 1.807) is 13.8 Å². The highest BCUT2D eigenvalue weighted by atomic mass is 31.2. The van der Waals surface area contributed by atoms with Gasteiger partial charge in [-0.3, -0.25) is 9.13 Å². The predicted molar refractivity (Wildman–Crippen MR) is 179 cm³/mol. The summed E-state index contributed by atoms with van der Waals surface area (Å²) in [5, 5.41) is 0. The Bertz CT molecular complexity index is 1210. The zero-order valence-electron chi connectivity index (χ0n) is 31.6. The van der Waals surface area contributed by atoms with Gasteiger partial charge in [-0.05, 0) is 69.2 Å². The monoisotopic (exact) mass is 772 g/mol. The molecule has 6 heterocycles. The van der Waals surface area contributed by atoms with Gasteiger partial charge in [0.1, 0.15) is 48.8 Å². The van der Waals surface area contributed by atoms with Crippen molar-refractivity contribution >= 4 is 15.2 Å². The van der Waals surface area contributed by atoms with Crippen LogP contribution in [0.4, 0.5) is 0 Å². The first-order valence-corrected chi connectivity index (χ1v) is 21.6. The van der Waals surface area contributed by atoms with Crippen LogP contribution in [0.5, 0.6) is 0 Å². The van der Waals surface area contributed by atoms with Gasteiger partial charge in [0.25, 0.3) is 0 Å². The molecule has 2 unspecified atom stereocenters. The molecule has 6 aliphatic rings. The summed E-state index contributed by atoms with van der Waals surface area (Å²) in [6.07, 6.45) is -3.40. The van der Waals surface area contributed by atoms with E-state index in [2.05, 4.69) is 0 Å². The molecular weight excluding hydrogens is 714 g/mol. The molecule has 0 aromatic carbocycles. The molecule has 12 atom stereocenters. The third kappa shape index (κ3) is 9.48. The van der Waals surface area contributed by atoms with E-state index >= 15 is 0 Å². The summed E-state index contributed by atoms with van der Waals surface area (Å²) < 4.78 is 112. The van der Waals surface area contributed by atoms with Crippen LogP contribution in [0.1, 0.15) is 82.1 Å². The number of hydrogen-bond donors (Lipinski definition) is 0. The summed E-state index contributed by atoms with van der Waals surface area (Å²) in [5.74, 6) is -3.67. The van der Waals surface area contributed by atoms with Crippen molar-refractivity contribution in [3.05, 3.63) is 0 Å². The van der Waals surface area contributed by atoms with Crippen molar-refractivity contribution in [3.8, 4) is 0 Å². The molecule has 6 fully saturated rings. The van der Waals surface area contributed by atoms with E-state index in [-0.39, 0.29) is 50.8 Å². The molecule has 18 heteroatoms. The fraction of sp³-hybridized carbons (Fsp3) is 1.00. The average Bonchev–Trinajstić information content (AvgIpc) is 3.82. The first-order valence-electron chi connectivity index (χ1n) is 18.2. The Labute approximate surface area is 301 Å². The molecule has 0 amide bonds. The van der Waals surface area contributed by atoms with Gasteiger partial charge in [-0.15, -0.1) is 0 Å². The number of rotatable bonds is 16. The van der Waals surface area contributed by atoms with Gasteiger partial charge in [0, 0.05) is 12.8 Å². The molecule has 6 saturated heterocycles. The zero-order chi connectivity index (χ0) is 37.0. The second-order valence-corrected chi connectivity index (χ2v) is 20.2. The molecule has 6 aliphatic heterocycles. The van der Waals surface area contributed by atoms with E-state index in [9.17, 15) is 9.13 Å². The van der Waals surface area contributed by atoms with E-state index in [1.165, 1.54) is 0 Å². The van der Waals surface area contributed by atoms with Crippen molar-refractivity contribution in [2.75, 3.05) is 45.5 Å². The lowest BCUT2D eigenvalue weighted by Gasteiger charge is -2.28. The van der Waals surface area contributed by atoms with E-state index in [0.29, 0.717) is 26.1 Å². The van der Waals surface area contributed by atoms with Crippen LogP contribution in [0.2, 0.25) is 0 Å². The van der Waals surface area contributed by atoms with Crippen molar-refractivity contribution < 1.29 is 74.6 Å². The van der Waals surface area contributed by atoms with Crippen LogP contribution < -0.4 is 0 Å². The summed E-state index contributed by atoms with van der Waals surface area (Å²) in [7, 11) is -7.93. The Morgan fingerprint density at radius 3 is 1.22 bits per heavy atom. The largest absolute Gasteiger partial charge is 0.366 e. The van der Waals surface area contributed by atoms with Crippen molar-refractivity contribution in [2.24, 2.45) is 0 Å². The lowest BCUT2D eigenvalue weighted by atomic mass is 10.0. The minimum atomic E-state index is -3.96. The molecule has 0 aromatic heterocycles. The summed E-state index contributed by atoms with van der Waals surface area (Å²) in [5.41, 5.74) is 0. The minimum Gasteiger partial charge on any atom is -0.366 e. The first-order chi connectivity index (χ1) is 23.7. The molecule has 16 nitrogen and oxygen atoms in total. The highest BCUT2D eigenvalue weighted by Gasteiger charge is 2.60. The molecule has 0 bridgehead atoms. The Kier molecular flexibility index (Phi) is 12.0. The number of hydrogen-bond acceptors (Lipinski definition) is 16. The van der Waals surface area contributed by atoms with Gasteiger partial charge in [-0.2, -0.15) is 0 Å². The Morgan fingerprint density at radius 1 is 0.510 bits per heavy atom. The van der Waals surface area contributed by atoms with Gasteiger partial charge in [0.05, 0.1) is 51.8 Å². The van der Waals surface area contributed by atoms with E-state index < -0.39 is 80.9 Å². The fourth-order valence-corrected chi connectivity index (χ4v) is 12.4. The summed E-state index contributed by atoms with van der Waals surface area (Å²) in [6.45, 7) is 19.0. The van der Waals surface area contributed by atoms with Gasteiger partial charge in [0.15, 0.2) is 29.1 Å². The Balaban J connectivity index is 1.05. The standard InChI is InChI=1S/C33H58O16P2/c1-11-38-50(34,40-15-13-20-26-28(48-32(7,8)46-26)24(42-20)22-17-36-30(3,4)44-22)19-51(35,39-12-2)41-16-14-21-27-29(49-33(9,10)47-27)25(43-21)23-18-37-31(5,6)45-23/h20-29H,11-19H2,1-10H3/t20-,21-,22+,23+,24+,25+,26+,27+,28-,29-,50?,51?/m0/s1. The predicted octanol–water partition coefficient (Wildman–Crippen LogP) is 5.09. The minimum absolute atomic E-state index is 0.0292. The number of fused-ring (bicyclic) bond motifs is 2. The molecule has 296 valence electrons. The third-order valence-electron chi connectivity index (χ3n) is 9.54. The van der Waals surface area contributed by atoms with Crippen LogP contribution in [0.3, 0.4) is 0 Å². The summed E-state index contributed by atoms with van der Waals surface area (Å²) in [6, 6.07) is 0. The topological polar surface area (TPSA) is 163 Å². The maximum absolute atomic E-state index is 14.0. The van der Waals surface area contributed by atoms with Crippen molar-refractivity contribution in [1.29, 1.82) is 0 Å². The van der Waals surface area contributed by atoms with E-state index in [4.69, 9.17) is 65.5 Å². The maximum atomic E-state index is 14.0. The molecular formula is C33H58O16P2. The quantitative estimate of drug-likeness (QED) is 0.190. The van der Waals surface area contributed by atoms with Gasteiger partial charge in [0.2, 0.25) is 0 Å². The van der Waals surface area contributed by atoms with Crippen LogP contribution in [0.15, 0.2) is 0 Å². The molecule has 0 aromatic rings. The van der Waals surface area contributed by atoms with Crippen molar-refractivity contribution in [2.45, 2.75) is 166 Å². The van der Waals surface area contributed by atoms with Gasteiger partial charge >= 0.3 is 15.2 Å². The summed E-state index contributed by atoms with van der Waals surface area (Å²) >= 11 is 0. The van der Waals surface area contributed by atoms with Crippen LogP contribution in [-0.2, 0) is 74.6 Å². The van der Waals surface area contributed by atoms with Gasteiger partial charge in [-0.1, -0.05) is 0 Å². The van der Waals surface area contributed by atoms with E-state index in [1.807, 2.05) is 55.4 Å². The third-order valence-corrected chi connectivity index (χ3v) is 14.8. The van der Waals surface area contributed by atoms with Gasteiger partial charge in [-0.25, -0.2) is 0 Å². The molecule has 0 radical (unpaired) electrons.